The molecule has 228 valence electrons. The molecule has 0 saturated heterocycles. The van der Waals surface area contributed by atoms with Gasteiger partial charge in [-0.25, -0.2) is 0 Å². The number of hydrogen-bond donors (Lipinski definition) is 0. The number of aryl methyl sites for hydroxylation is 4. The molecule has 1 aliphatic carbocycles. The van der Waals surface area contributed by atoms with Crippen LogP contribution in [0.4, 0.5) is 0 Å². The number of rotatable bonds is 4. The van der Waals surface area contributed by atoms with Gasteiger partial charge in [0.25, 0.3) is 0 Å². The quantitative estimate of drug-likeness (QED) is 0.124. The number of hydrogen-bond acceptors (Lipinski definition) is 0. The van der Waals surface area contributed by atoms with Crippen LogP contribution >= 0.6 is 0 Å². The van der Waals surface area contributed by atoms with Crippen molar-refractivity contribution in [3.05, 3.63) is 143 Å². The summed E-state index contributed by atoms with van der Waals surface area (Å²) >= 11 is 0. The SMILES string of the molecule is Cc1cc(C)c(C)c(-c2cccc3[cH-]c(C4(c5cc6c(-c7c(C)c(C)cc(C)c7C)cccc6[cH-]5)CCC4)cc23)c1C.[CH3-].[CH3-].[Hf+4]. The van der Waals surface area contributed by atoms with E-state index in [1.54, 1.807) is 0 Å². The molecule has 1 heteroatoms. The second kappa shape index (κ2) is 12.6. The van der Waals surface area contributed by atoms with E-state index in [0.29, 0.717) is 0 Å². The van der Waals surface area contributed by atoms with E-state index < -0.39 is 0 Å². The molecule has 0 spiro atoms. The standard InChI is InChI=1S/C42H42.2CH3.Hf/c1-24-18-25(2)29(6)40(28(24)5)36-14-9-12-32-20-34(22-38(32)36)42(16-11-17-42)35-21-33-13-10-15-37(39(33)23-35)41-30(7)26(3)19-27(4)31(41)8;;;/h9-10,12-15,18-23H,11,16-17H2,1-8H3;2*1H3;/q-2;2*-1;+4. The normalized spacial score (nSPS) is 13.6. The fourth-order valence-corrected chi connectivity index (χ4v) is 7.97. The molecule has 0 heterocycles. The Morgan fingerprint density at radius 1 is 0.511 bits per heavy atom. The second-order valence-electron chi connectivity index (χ2n) is 13.3. The Labute approximate surface area is 291 Å². The monoisotopic (exact) mass is 756 g/mol. The van der Waals surface area contributed by atoms with E-state index in [0.717, 1.165) is 0 Å². The van der Waals surface area contributed by atoms with E-state index >= 15 is 0 Å². The van der Waals surface area contributed by atoms with Crippen LogP contribution in [0.1, 0.15) is 74.9 Å². The van der Waals surface area contributed by atoms with Crippen LogP contribution in [-0.4, -0.2) is 0 Å². The summed E-state index contributed by atoms with van der Waals surface area (Å²) in [7, 11) is 0. The third-order valence-electron chi connectivity index (χ3n) is 11.1. The van der Waals surface area contributed by atoms with Crippen molar-refractivity contribution in [2.75, 3.05) is 0 Å². The van der Waals surface area contributed by atoms with E-state index in [1.165, 1.54) is 119 Å². The van der Waals surface area contributed by atoms with Gasteiger partial charge in [0.05, 0.1) is 0 Å². The van der Waals surface area contributed by atoms with Crippen molar-refractivity contribution in [3.8, 4) is 22.3 Å². The average molecular weight is 755 g/mol. The van der Waals surface area contributed by atoms with E-state index in [9.17, 15) is 0 Å². The zero-order valence-electron chi connectivity index (χ0n) is 29.0. The number of fused-ring (bicyclic) bond motifs is 2. The fraction of sp³-hybridized carbons (Fsp3) is 0.273. The third-order valence-corrected chi connectivity index (χ3v) is 11.1. The summed E-state index contributed by atoms with van der Waals surface area (Å²) in [4.78, 5) is 0. The van der Waals surface area contributed by atoms with E-state index in [1.807, 2.05) is 0 Å². The molecule has 45 heavy (non-hydrogen) atoms. The largest absolute Gasteiger partial charge is 4.00 e. The molecule has 6 aromatic rings. The molecule has 1 saturated carbocycles. The summed E-state index contributed by atoms with van der Waals surface area (Å²) < 4.78 is 0. The average Bonchev–Trinajstić information content (AvgIpc) is 3.56. The molecule has 0 radical (unpaired) electrons. The smallest absolute Gasteiger partial charge is 0.358 e. The molecule has 0 aromatic heterocycles. The summed E-state index contributed by atoms with van der Waals surface area (Å²) in [5.74, 6) is 0. The van der Waals surface area contributed by atoms with Crippen molar-refractivity contribution in [2.45, 2.75) is 80.1 Å². The van der Waals surface area contributed by atoms with Gasteiger partial charge in [0, 0.05) is 0 Å². The first kappa shape index (κ1) is 34.8. The van der Waals surface area contributed by atoms with Gasteiger partial charge in [-0.15, -0.1) is 69.1 Å². The molecular weight excluding hydrogens is 707 g/mol. The zero-order valence-corrected chi connectivity index (χ0v) is 32.6. The predicted octanol–water partition coefficient (Wildman–Crippen LogP) is 12.6. The van der Waals surface area contributed by atoms with Crippen LogP contribution in [-0.2, 0) is 31.3 Å². The Balaban J connectivity index is 0.00000154. The minimum Gasteiger partial charge on any atom is -0.358 e. The van der Waals surface area contributed by atoms with Crippen molar-refractivity contribution < 1.29 is 25.8 Å². The van der Waals surface area contributed by atoms with Gasteiger partial charge in [-0.3, -0.25) is 0 Å². The summed E-state index contributed by atoms with van der Waals surface area (Å²) in [5, 5.41) is 5.52. The maximum absolute atomic E-state index is 2.54. The van der Waals surface area contributed by atoms with Gasteiger partial charge in [0.1, 0.15) is 0 Å². The van der Waals surface area contributed by atoms with Gasteiger partial charge in [-0.1, -0.05) is 41.8 Å². The molecule has 7 rings (SSSR count). The summed E-state index contributed by atoms with van der Waals surface area (Å²) in [5.41, 5.74) is 19.8. The summed E-state index contributed by atoms with van der Waals surface area (Å²) in [6.45, 7) is 18.2. The Bertz CT molecular complexity index is 1840. The molecule has 0 atom stereocenters. The van der Waals surface area contributed by atoms with E-state index in [-0.39, 0.29) is 46.1 Å². The first-order valence-corrected chi connectivity index (χ1v) is 15.7. The fourth-order valence-electron chi connectivity index (χ4n) is 7.97. The molecule has 6 aromatic carbocycles. The molecule has 0 bridgehead atoms. The Morgan fingerprint density at radius 3 is 1.18 bits per heavy atom. The van der Waals surface area contributed by atoms with Crippen LogP contribution in [0.5, 0.6) is 0 Å². The molecule has 0 unspecified atom stereocenters. The molecular formula is C44H48Hf. The Hall–Kier alpha value is -3.03. The molecule has 1 fully saturated rings. The van der Waals surface area contributed by atoms with Crippen molar-refractivity contribution in [3.63, 3.8) is 0 Å². The van der Waals surface area contributed by atoms with Crippen LogP contribution in [0.25, 0.3) is 43.8 Å². The van der Waals surface area contributed by atoms with Gasteiger partial charge in [0.2, 0.25) is 0 Å². The first-order chi connectivity index (χ1) is 20.1. The topological polar surface area (TPSA) is 0 Å². The van der Waals surface area contributed by atoms with Crippen molar-refractivity contribution >= 4 is 21.5 Å². The molecule has 0 aliphatic heterocycles. The summed E-state index contributed by atoms with van der Waals surface area (Å²) in [6.07, 6.45) is 3.72. The van der Waals surface area contributed by atoms with Crippen LogP contribution in [0.15, 0.2) is 72.8 Å². The van der Waals surface area contributed by atoms with Gasteiger partial charge in [0.15, 0.2) is 0 Å². The maximum Gasteiger partial charge on any atom is 4.00 e. The minimum atomic E-state index is 0. The van der Waals surface area contributed by atoms with Crippen molar-refractivity contribution in [1.82, 2.24) is 0 Å². The van der Waals surface area contributed by atoms with Crippen LogP contribution in [0, 0.1) is 70.2 Å². The second-order valence-corrected chi connectivity index (χ2v) is 13.3. The van der Waals surface area contributed by atoms with Gasteiger partial charge in [-0.05, 0) is 129 Å². The Kier molecular flexibility index (Phi) is 9.78. The van der Waals surface area contributed by atoms with Crippen LogP contribution in [0.2, 0.25) is 0 Å². The van der Waals surface area contributed by atoms with E-state index in [4.69, 9.17) is 0 Å². The molecule has 1 aliphatic rings. The van der Waals surface area contributed by atoms with Gasteiger partial charge < -0.3 is 14.9 Å². The Morgan fingerprint density at radius 2 is 0.867 bits per heavy atom. The van der Waals surface area contributed by atoms with Crippen LogP contribution < -0.4 is 0 Å². The van der Waals surface area contributed by atoms with Crippen LogP contribution in [0.3, 0.4) is 0 Å². The van der Waals surface area contributed by atoms with Gasteiger partial charge >= 0.3 is 25.8 Å². The first-order valence-electron chi connectivity index (χ1n) is 15.7. The molecule has 0 N–H and O–H groups in total. The predicted molar refractivity (Wildman–Crippen MR) is 195 cm³/mol. The maximum atomic E-state index is 2.54. The van der Waals surface area contributed by atoms with E-state index in [2.05, 4.69) is 128 Å². The minimum absolute atomic E-state index is 0. The molecule has 0 amide bonds. The molecule has 0 nitrogen and oxygen atoms in total. The number of benzene rings is 4. The zero-order chi connectivity index (χ0) is 29.5. The third kappa shape index (κ3) is 5.24. The summed E-state index contributed by atoms with van der Waals surface area (Å²) in [6, 6.07) is 28.6. The van der Waals surface area contributed by atoms with Gasteiger partial charge in [-0.2, -0.15) is 12.1 Å². The van der Waals surface area contributed by atoms with Crippen molar-refractivity contribution in [1.29, 1.82) is 0 Å². The van der Waals surface area contributed by atoms with Crippen molar-refractivity contribution in [2.24, 2.45) is 0 Å².